The molecule has 0 saturated carbocycles. The molecule has 0 aliphatic heterocycles. The molecule has 0 amide bonds. The van der Waals surface area contributed by atoms with Crippen LogP contribution in [0.1, 0.15) is 11.1 Å². The van der Waals surface area contributed by atoms with E-state index < -0.39 is 0 Å². The van der Waals surface area contributed by atoms with E-state index in [9.17, 15) is 0 Å². The Morgan fingerprint density at radius 2 is 1.81 bits per heavy atom. The lowest BCUT2D eigenvalue weighted by Crippen LogP contribution is -1.96. The average molecular weight is 395 g/mol. The normalized spacial score (nSPS) is 11.7. The number of rotatable bonds is 7. The van der Waals surface area contributed by atoms with Gasteiger partial charge in [0.25, 0.3) is 0 Å². The number of anilines is 1. The largest absolute Gasteiger partial charge is 0.404 e. The van der Waals surface area contributed by atoms with Gasteiger partial charge in [0.15, 0.2) is 5.15 Å². The van der Waals surface area contributed by atoms with E-state index in [-0.39, 0.29) is 0 Å². The molecule has 3 rings (SSSR count). The summed E-state index contributed by atoms with van der Waals surface area (Å²) in [6.07, 6.45) is 4.97. The number of hydrogen-bond donors (Lipinski definition) is 2. The van der Waals surface area contributed by atoms with E-state index in [0.717, 1.165) is 27.3 Å². The van der Waals surface area contributed by atoms with E-state index in [2.05, 4.69) is 14.7 Å². The quantitative estimate of drug-likeness (QED) is 0.319. The highest BCUT2D eigenvalue weighted by atomic mass is 35.5. The molecule has 0 fully saturated rings. The Hall–Kier alpha value is -2.76. The number of pyridine rings is 1. The molecule has 27 heavy (non-hydrogen) atoms. The summed E-state index contributed by atoms with van der Waals surface area (Å²) in [4.78, 5) is 9.81. The number of hydrogen-bond acceptors (Lipinski definition) is 5. The predicted molar refractivity (Wildman–Crippen MR) is 116 cm³/mol. The summed E-state index contributed by atoms with van der Waals surface area (Å²) in [5.74, 6) is 0. The van der Waals surface area contributed by atoms with Crippen LogP contribution in [0.5, 0.6) is 0 Å². The predicted octanol–water partition coefficient (Wildman–Crippen LogP) is 5.42. The standard InChI is InChI=1S/C21H19ClN4S/c22-21-20(26-27-19-9-5-2-6-10-19)11-17(15-25-21)18(12-23)14-24-13-16-7-3-1-4-8-16/h1-12,14-15,26H,13,23H2. The summed E-state index contributed by atoms with van der Waals surface area (Å²) in [6, 6.07) is 22.0. The van der Waals surface area contributed by atoms with Gasteiger partial charge in [0.2, 0.25) is 0 Å². The molecule has 4 nitrogen and oxygen atoms in total. The second-order valence-corrected chi connectivity index (χ2v) is 6.89. The minimum absolute atomic E-state index is 0.403. The Bertz CT molecular complexity index is 927. The van der Waals surface area contributed by atoms with E-state index in [0.29, 0.717) is 11.7 Å². The third-order valence-corrected chi connectivity index (χ3v) is 4.85. The molecule has 0 atom stereocenters. The number of allylic oxidation sites excluding steroid dienone is 1. The number of halogens is 1. The minimum Gasteiger partial charge on any atom is -0.404 e. The van der Waals surface area contributed by atoms with Crippen LogP contribution >= 0.6 is 23.5 Å². The molecule has 3 aromatic rings. The first-order valence-electron chi connectivity index (χ1n) is 8.36. The molecule has 0 bridgehead atoms. The van der Waals surface area contributed by atoms with Crippen LogP contribution in [0.25, 0.3) is 5.57 Å². The summed E-state index contributed by atoms with van der Waals surface area (Å²) in [7, 11) is 0. The van der Waals surface area contributed by atoms with Crippen LogP contribution in [-0.4, -0.2) is 11.2 Å². The van der Waals surface area contributed by atoms with Crippen molar-refractivity contribution in [2.24, 2.45) is 10.7 Å². The fourth-order valence-corrected chi connectivity index (χ4v) is 3.21. The molecular weight excluding hydrogens is 376 g/mol. The van der Waals surface area contributed by atoms with Gasteiger partial charge in [0.1, 0.15) is 0 Å². The fraction of sp³-hybridized carbons (Fsp3) is 0.0476. The van der Waals surface area contributed by atoms with Gasteiger partial charge in [-0.15, -0.1) is 0 Å². The van der Waals surface area contributed by atoms with Crippen molar-refractivity contribution in [3.8, 4) is 0 Å². The van der Waals surface area contributed by atoms with Crippen molar-refractivity contribution >= 4 is 41.0 Å². The number of nitrogens with two attached hydrogens (primary N) is 1. The highest BCUT2D eigenvalue weighted by Gasteiger charge is 2.07. The first-order valence-corrected chi connectivity index (χ1v) is 9.55. The molecule has 0 unspecified atom stereocenters. The zero-order valence-corrected chi connectivity index (χ0v) is 16.1. The fourth-order valence-electron chi connectivity index (χ4n) is 2.33. The van der Waals surface area contributed by atoms with Crippen LogP contribution in [0.3, 0.4) is 0 Å². The van der Waals surface area contributed by atoms with Crippen molar-refractivity contribution in [3.63, 3.8) is 0 Å². The number of benzene rings is 2. The van der Waals surface area contributed by atoms with Gasteiger partial charge in [-0.2, -0.15) is 0 Å². The molecule has 0 spiro atoms. The van der Waals surface area contributed by atoms with Crippen LogP contribution < -0.4 is 10.5 Å². The average Bonchev–Trinajstić information content (AvgIpc) is 2.72. The Balaban J connectivity index is 1.71. The SMILES string of the molecule is NC=C(C=NCc1ccccc1)c1cnc(Cl)c(NSc2ccccc2)c1. The Morgan fingerprint density at radius 1 is 1.11 bits per heavy atom. The van der Waals surface area contributed by atoms with Gasteiger partial charge in [0.05, 0.1) is 12.2 Å². The van der Waals surface area contributed by atoms with Crippen molar-refractivity contribution in [3.05, 3.63) is 95.4 Å². The third-order valence-electron chi connectivity index (χ3n) is 3.72. The van der Waals surface area contributed by atoms with E-state index >= 15 is 0 Å². The van der Waals surface area contributed by atoms with Crippen molar-refractivity contribution < 1.29 is 0 Å². The number of nitrogens with one attached hydrogen (secondary N) is 1. The summed E-state index contributed by atoms with van der Waals surface area (Å²) in [6.45, 7) is 0.591. The lowest BCUT2D eigenvalue weighted by Gasteiger charge is -2.09. The van der Waals surface area contributed by atoms with Crippen LogP contribution in [-0.2, 0) is 6.54 Å². The zero-order valence-electron chi connectivity index (χ0n) is 14.5. The maximum absolute atomic E-state index is 6.22. The summed E-state index contributed by atoms with van der Waals surface area (Å²) in [5, 5.41) is 0.403. The topological polar surface area (TPSA) is 63.3 Å². The highest BCUT2D eigenvalue weighted by Crippen LogP contribution is 2.28. The third kappa shape index (κ3) is 5.61. The molecule has 6 heteroatoms. The molecule has 136 valence electrons. The number of aromatic nitrogens is 1. The van der Waals surface area contributed by atoms with E-state index in [1.807, 2.05) is 66.7 Å². The second kappa shape index (κ2) is 9.80. The molecule has 0 radical (unpaired) electrons. The maximum Gasteiger partial charge on any atom is 0.152 e. The maximum atomic E-state index is 6.22. The van der Waals surface area contributed by atoms with Gasteiger partial charge in [0, 0.05) is 34.6 Å². The molecular formula is C21H19ClN4S. The van der Waals surface area contributed by atoms with Gasteiger partial charge in [-0.3, -0.25) is 4.99 Å². The van der Waals surface area contributed by atoms with Gasteiger partial charge < -0.3 is 10.5 Å². The van der Waals surface area contributed by atoms with Crippen LogP contribution in [0, 0.1) is 0 Å². The van der Waals surface area contributed by atoms with E-state index in [1.165, 1.54) is 18.1 Å². The van der Waals surface area contributed by atoms with E-state index in [1.54, 1.807) is 12.4 Å². The summed E-state index contributed by atoms with van der Waals surface area (Å²) >= 11 is 7.70. The molecule has 1 aromatic heterocycles. The molecule has 0 aliphatic rings. The van der Waals surface area contributed by atoms with Gasteiger partial charge in [-0.1, -0.05) is 60.1 Å². The zero-order chi connectivity index (χ0) is 18.9. The molecule has 2 aromatic carbocycles. The van der Waals surface area contributed by atoms with Gasteiger partial charge in [-0.25, -0.2) is 4.98 Å². The Labute approximate surface area is 168 Å². The number of aliphatic imine (C=N–C) groups is 1. The first-order chi connectivity index (χ1) is 13.3. The first kappa shape index (κ1) is 19.0. The Morgan fingerprint density at radius 3 is 2.52 bits per heavy atom. The number of nitrogens with zero attached hydrogens (tertiary/aromatic N) is 2. The molecule has 0 aliphatic carbocycles. The molecule has 3 N–H and O–H groups in total. The van der Waals surface area contributed by atoms with Crippen LogP contribution in [0.4, 0.5) is 5.69 Å². The van der Waals surface area contributed by atoms with Crippen molar-refractivity contribution in [1.29, 1.82) is 0 Å². The van der Waals surface area contributed by atoms with Gasteiger partial charge >= 0.3 is 0 Å². The highest BCUT2D eigenvalue weighted by molar-refractivity contribution is 8.00. The van der Waals surface area contributed by atoms with Crippen molar-refractivity contribution in [2.45, 2.75) is 11.4 Å². The van der Waals surface area contributed by atoms with Crippen LogP contribution in [0.2, 0.25) is 5.15 Å². The van der Waals surface area contributed by atoms with Crippen molar-refractivity contribution in [1.82, 2.24) is 4.98 Å². The summed E-state index contributed by atoms with van der Waals surface area (Å²) < 4.78 is 3.24. The lowest BCUT2D eigenvalue weighted by atomic mass is 10.1. The minimum atomic E-state index is 0.403. The van der Waals surface area contributed by atoms with Crippen LogP contribution in [0.15, 0.2) is 89.0 Å². The van der Waals surface area contributed by atoms with Gasteiger partial charge in [-0.05, 0) is 35.7 Å². The lowest BCUT2D eigenvalue weighted by molar-refractivity contribution is 1.08. The smallest absolute Gasteiger partial charge is 0.152 e. The molecule has 1 heterocycles. The summed E-state index contributed by atoms with van der Waals surface area (Å²) in [5.41, 5.74) is 9.28. The monoisotopic (exact) mass is 394 g/mol. The Kier molecular flexibility index (Phi) is 6.90. The van der Waals surface area contributed by atoms with E-state index in [4.69, 9.17) is 17.3 Å². The van der Waals surface area contributed by atoms with Crippen molar-refractivity contribution in [2.75, 3.05) is 4.72 Å². The second-order valence-electron chi connectivity index (χ2n) is 5.66. The molecule has 0 saturated heterocycles.